The van der Waals surface area contributed by atoms with Crippen LogP contribution in [0.15, 0.2) is 47.3 Å². The molecule has 0 aliphatic carbocycles. The van der Waals surface area contributed by atoms with Crippen LogP contribution in [0.4, 0.5) is 0 Å². The summed E-state index contributed by atoms with van der Waals surface area (Å²) in [4.78, 5) is 30.1. The van der Waals surface area contributed by atoms with E-state index < -0.39 is 0 Å². The van der Waals surface area contributed by atoms with E-state index in [4.69, 9.17) is 4.74 Å². The third kappa shape index (κ3) is 5.07. The lowest BCUT2D eigenvalue weighted by molar-refractivity contribution is -0.140. The summed E-state index contributed by atoms with van der Waals surface area (Å²) < 4.78 is 5.24. The molecule has 25 heavy (non-hydrogen) atoms. The number of thiazole rings is 1. The molecule has 8 heteroatoms. The van der Waals surface area contributed by atoms with E-state index in [1.165, 1.54) is 11.8 Å². The van der Waals surface area contributed by atoms with Crippen LogP contribution in [0.5, 0.6) is 0 Å². The number of pyridine rings is 1. The lowest BCUT2D eigenvalue weighted by atomic mass is 10.3. The molecule has 3 heterocycles. The second-order valence-electron chi connectivity index (χ2n) is 5.05. The number of nitrogens with zero attached hydrogens (tertiary/aromatic N) is 4. The summed E-state index contributed by atoms with van der Waals surface area (Å²) in [6.07, 6.45) is 4.01. The van der Waals surface area contributed by atoms with Crippen LogP contribution in [-0.2, 0) is 16.0 Å². The monoisotopic (exact) mass is 372 g/mol. The first-order chi connectivity index (χ1) is 12.2. The smallest absolute Gasteiger partial charge is 0.316 e. The Labute approximate surface area is 153 Å². The minimum Gasteiger partial charge on any atom is -0.465 e. The molecule has 3 rings (SSSR count). The van der Waals surface area contributed by atoms with Gasteiger partial charge in [-0.3, -0.25) is 9.78 Å². The Morgan fingerprint density at radius 1 is 1.16 bits per heavy atom. The second kappa shape index (κ2) is 8.68. The largest absolute Gasteiger partial charge is 0.465 e. The van der Waals surface area contributed by atoms with Gasteiger partial charge in [-0.1, -0.05) is 17.8 Å². The maximum Gasteiger partial charge on any atom is 0.316 e. The summed E-state index contributed by atoms with van der Waals surface area (Å²) in [5.74, 6) is -0.119. The fraction of sp³-hybridized carbons (Fsp3) is 0.235. The molecule has 0 saturated carbocycles. The highest BCUT2D eigenvalue weighted by molar-refractivity contribution is 7.99. The molecule has 0 saturated heterocycles. The fourth-order valence-corrected chi connectivity index (χ4v) is 3.32. The summed E-state index contributed by atoms with van der Waals surface area (Å²) in [5, 5.41) is 0.524. The molecular formula is C17H16N4O2S2. The summed E-state index contributed by atoms with van der Waals surface area (Å²) in [6.45, 7) is 2.34. The molecule has 0 fully saturated rings. The topological polar surface area (TPSA) is 77.9 Å². The number of aryl methyl sites for hydroxylation is 1. The average molecular weight is 372 g/mol. The van der Waals surface area contributed by atoms with Crippen molar-refractivity contribution in [3.05, 3.63) is 52.7 Å². The van der Waals surface area contributed by atoms with E-state index in [1.54, 1.807) is 35.3 Å². The predicted molar refractivity (Wildman–Crippen MR) is 97.5 cm³/mol. The number of hydrogen-bond donors (Lipinski definition) is 0. The standard InChI is InChI=1S/C17H16N4O2S2/c1-12-13(20-11-25-12)6-9-23-16(22)10-24-17-19-8-5-15(21-17)14-4-2-3-7-18-14/h2-5,7-8,11H,6,9-10H2,1H3. The van der Waals surface area contributed by atoms with Gasteiger partial charge in [0.1, 0.15) is 0 Å². The highest BCUT2D eigenvalue weighted by Crippen LogP contribution is 2.18. The zero-order chi connectivity index (χ0) is 17.5. The maximum atomic E-state index is 11.9. The molecule has 0 unspecified atom stereocenters. The molecule has 6 nitrogen and oxygen atoms in total. The van der Waals surface area contributed by atoms with Gasteiger partial charge in [-0.2, -0.15) is 0 Å². The number of carbonyl (C=O) groups excluding carboxylic acids is 1. The maximum absolute atomic E-state index is 11.9. The van der Waals surface area contributed by atoms with E-state index in [0.717, 1.165) is 22.0 Å². The molecule has 3 aromatic heterocycles. The Kier molecular flexibility index (Phi) is 6.08. The van der Waals surface area contributed by atoms with Gasteiger partial charge < -0.3 is 4.74 Å². The third-order valence-electron chi connectivity index (χ3n) is 3.33. The number of rotatable bonds is 7. The lowest BCUT2D eigenvalue weighted by Crippen LogP contribution is -2.10. The SMILES string of the molecule is Cc1scnc1CCOC(=O)CSc1nccc(-c2ccccn2)n1. The minimum atomic E-state index is -0.287. The predicted octanol–water partition coefficient (Wildman–Crippen LogP) is 3.18. The fourth-order valence-electron chi connectivity index (χ4n) is 2.06. The van der Waals surface area contributed by atoms with Crippen molar-refractivity contribution in [3.63, 3.8) is 0 Å². The molecule has 0 aliphatic rings. The van der Waals surface area contributed by atoms with Crippen molar-refractivity contribution in [3.8, 4) is 11.4 Å². The van der Waals surface area contributed by atoms with Crippen LogP contribution in [0.25, 0.3) is 11.4 Å². The van der Waals surface area contributed by atoms with Crippen LogP contribution in [0.1, 0.15) is 10.6 Å². The van der Waals surface area contributed by atoms with Gasteiger partial charge in [-0.15, -0.1) is 11.3 Å². The molecule has 0 bridgehead atoms. The van der Waals surface area contributed by atoms with Gasteiger partial charge >= 0.3 is 5.97 Å². The molecule has 0 spiro atoms. The van der Waals surface area contributed by atoms with Gasteiger partial charge in [-0.25, -0.2) is 15.0 Å². The van der Waals surface area contributed by atoms with Gasteiger partial charge in [0.15, 0.2) is 5.16 Å². The molecule has 128 valence electrons. The van der Waals surface area contributed by atoms with Crippen LogP contribution in [-0.4, -0.2) is 38.3 Å². The molecule has 0 aromatic carbocycles. The van der Waals surface area contributed by atoms with Crippen LogP contribution >= 0.6 is 23.1 Å². The third-order valence-corrected chi connectivity index (χ3v) is 4.96. The van der Waals surface area contributed by atoms with E-state index >= 15 is 0 Å². The van der Waals surface area contributed by atoms with E-state index in [9.17, 15) is 4.79 Å². The molecule has 0 N–H and O–H groups in total. The Morgan fingerprint density at radius 2 is 2.08 bits per heavy atom. The van der Waals surface area contributed by atoms with Crippen molar-refractivity contribution >= 4 is 29.1 Å². The molecule has 3 aromatic rings. The first-order valence-corrected chi connectivity index (χ1v) is 9.51. The van der Waals surface area contributed by atoms with Crippen LogP contribution in [0.2, 0.25) is 0 Å². The minimum absolute atomic E-state index is 0.168. The van der Waals surface area contributed by atoms with Crippen molar-refractivity contribution < 1.29 is 9.53 Å². The molecule has 0 radical (unpaired) electrons. The Balaban J connectivity index is 1.48. The van der Waals surface area contributed by atoms with Gasteiger partial charge in [0.25, 0.3) is 0 Å². The Hall–Kier alpha value is -2.32. The van der Waals surface area contributed by atoms with Crippen molar-refractivity contribution in [1.82, 2.24) is 19.9 Å². The summed E-state index contributed by atoms with van der Waals surface area (Å²) in [7, 11) is 0. The molecule has 0 aliphatic heterocycles. The highest BCUT2D eigenvalue weighted by atomic mass is 32.2. The first-order valence-electron chi connectivity index (χ1n) is 7.64. The summed E-state index contributed by atoms with van der Waals surface area (Å²) >= 11 is 2.84. The van der Waals surface area contributed by atoms with E-state index in [0.29, 0.717) is 18.2 Å². The van der Waals surface area contributed by atoms with Gasteiger partial charge in [-0.05, 0) is 25.1 Å². The Morgan fingerprint density at radius 3 is 2.84 bits per heavy atom. The Bertz CT molecular complexity index is 839. The average Bonchev–Trinajstić information content (AvgIpc) is 3.06. The zero-order valence-electron chi connectivity index (χ0n) is 13.6. The van der Waals surface area contributed by atoms with Crippen molar-refractivity contribution in [2.24, 2.45) is 0 Å². The van der Waals surface area contributed by atoms with E-state index in [2.05, 4.69) is 19.9 Å². The molecular weight excluding hydrogens is 356 g/mol. The van der Waals surface area contributed by atoms with Crippen molar-refractivity contribution in [2.75, 3.05) is 12.4 Å². The van der Waals surface area contributed by atoms with Crippen LogP contribution in [0, 0.1) is 6.92 Å². The summed E-state index contributed by atoms with van der Waals surface area (Å²) in [6, 6.07) is 7.43. The van der Waals surface area contributed by atoms with Gasteiger partial charge in [0.05, 0.1) is 35.0 Å². The molecule has 0 amide bonds. The van der Waals surface area contributed by atoms with E-state index in [-0.39, 0.29) is 11.7 Å². The quantitative estimate of drug-likeness (QED) is 0.358. The van der Waals surface area contributed by atoms with Gasteiger partial charge in [0.2, 0.25) is 0 Å². The van der Waals surface area contributed by atoms with E-state index in [1.807, 2.05) is 25.1 Å². The highest BCUT2D eigenvalue weighted by Gasteiger charge is 2.09. The number of thioether (sulfide) groups is 1. The number of carbonyl (C=O) groups is 1. The summed E-state index contributed by atoms with van der Waals surface area (Å²) in [5.41, 5.74) is 4.28. The number of esters is 1. The lowest BCUT2D eigenvalue weighted by Gasteiger charge is -2.05. The number of aromatic nitrogens is 4. The van der Waals surface area contributed by atoms with Crippen molar-refractivity contribution in [1.29, 1.82) is 0 Å². The van der Waals surface area contributed by atoms with Gasteiger partial charge in [0, 0.05) is 23.7 Å². The molecule has 0 atom stereocenters. The van der Waals surface area contributed by atoms with Crippen molar-refractivity contribution in [2.45, 2.75) is 18.5 Å². The number of ether oxygens (including phenoxy) is 1. The van der Waals surface area contributed by atoms with Crippen LogP contribution < -0.4 is 0 Å². The second-order valence-corrected chi connectivity index (χ2v) is 7.06. The number of hydrogen-bond acceptors (Lipinski definition) is 8. The first kappa shape index (κ1) is 17.5. The van der Waals surface area contributed by atoms with Crippen LogP contribution in [0.3, 0.4) is 0 Å². The normalized spacial score (nSPS) is 10.6. The zero-order valence-corrected chi connectivity index (χ0v) is 15.2.